The summed E-state index contributed by atoms with van der Waals surface area (Å²) in [5.41, 5.74) is 1.37. The van der Waals surface area contributed by atoms with Crippen molar-refractivity contribution in [1.29, 1.82) is 0 Å². The van der Waals surface area contributed by atoms with Crippen LogP contribution in [0.4, 0.5) is 0 Å². The Morgan fingerprint density at radius 2 is 2.11 bits per heavy atom. The third kappa shape index (κ3) is 2.72. The number of hydrogen-bond donors (Lipinski definition) is 1. The molecule has 4 heteroatoms. The Kier molecular flexibility index (Phi) is 3.62. The number of hydrogen-bond acceptors (Lipinski definition) is 2. The molecule has 100 valence electrons. The molecule has 0 aromatic carbocycles. The second-order valence-corrected chi connectivity index (χ2v) is 6.11. The fourth-order valence-corrected chi connectivity index (χ4v) is 3.17. The summed E-state index contributed by atoms with van der Waals surface area (Å²) in [4.78, 5) is 0. The van der Waals surface area contributed by atoms with Crippen LogP contribution >= 0.6 is 11.6 Å². The first kappa shape index (κ1) is 12.5. The van der Waals surface area contributed by atoms with Crippen LogP contribution in [0.1, 0.15) is 56.7 Å². The van der Waals surface area contributed by atoms with Gasteiger partial charge in [-0.2, -0.15) is 5.10 Å². The Balaban J connectivity index is 1.55. The molecule has 2 fully saturated rings. The van der Waals surface area contributed by atoms with Crippen molar-refractivity contribution in [3.8, 4) is 0 Å². The molecule has 2 aliphatic carbocycles. The molecule has 1 N–H and O–H groups in total. The summed E-state index contributed by atoms with van der Waals surface area (Å²) in [5, 5.41) is 8.25. The summed E-state index contributed by atoms with van der Waals surface area (Å²) in [5.74, 6) is 0.719. The predicted molar refractivity (Wildman–Crippen MR) is 73.9 cm³/mol. The van der Waals surface area contributed by atoms with E-state index in [1.807, 2.05) is 0 Å². The second kappa shape index (κ2) is 5.22. The number of nitrogens with zero attached hydrogens (tertiary/aromatic N) is 2. The van der Waals surface area contributed by atoms with E-state index in [1.54, 1.807) is 0 Å². The molecule has 0 aliphatic heterocycles. The highest BCUT2D eigenvalue weighted by Gasteiger charge is 2.41. The van der Waals surface area contributed by atoms with Gasteiger partial charge >= 0.3 is 0 Å². The number of aromatic nitrogens is 2. The van der Waals surface area contributed by atoms with E-state index >= 15 is 0 Å². The average molecular weight is 268 g/mol. The van der Waals surface area contributed by atoms with Crippen molar-refractivity contribution >= 4 is 11.6 Å². The minimum atomic E-state index is 0.218. The fraction of sp³-hybridized carbons (Fsp3) is 0.786. The number of alkyl halides is 1. The van der Waals surface area contributed by atoms with E-state index < -0.39 is 0 Å². The minimum Gasteiger partial charge on any atom is -0.304 e. The van der Waals surface area contributed by atoms with Crippen molar-refractivity contribution in [2.45, 2.75) is 63.1 Å². The van der Waals surface area contributed by atoms with Gasteiger partial charge in [-0.3, -0.25) is 4.68 Å². The SMILES string of the molecule is ClCC1(NCc2ccn(C3CCCCC3)n2)CC1. The molecule has 2 saturated carbocycles. The summed E-state index contributed by atoms with van der Waals surface area (Å²) in [6.45, 7) is 0.854. The van der Waals surface area contributed by atoms with Gasteiger partial charge in [-0.15, -0.1) is 11.6 Å². The van der Waals surface area contributed by atoms with Crippen LogP contribution in [0.25, 0.3) is 0 Å². The normalized spacial score (nSPS) is 23.2. The van der Waals surface area contributed by atoms with E-state index in [1.165, 1.54) is 44.9 Å². The van der Waals surface area contributed by atoms with Gasteiger partial charge in [-0.1, -0.05) is 19.3 Å². The lowest BCUT2D eigenvalue weighted by molar-refractivity contribution is 0.327. The van der Waals surface area contributed by atoms with E-state index in [4.69, 9.17) is 16.7 Å². The molecule has 1 heterocycles. The van der Waals surface area contributed by atoms with Crippen LogP contribution in [0.3, 0.4) is 0 Å². The van der Waals surface area contributed by atoms with Crippen LogP contribution < -0.4 is 5.32 Å². The first-order chi connectivity index (χ1) is 8.81. The summed E-state index contributed by atoms with van der Waals surface area (Å²) < 4.78 is 2.18. The third-order valence-electron chi connectivity index (χ3n) is 4.37. The zero-order chi connectivity index (χ0) is 12.4. The Morgan fingerprint density at radius 1 is 1.33 bits per heavy atom. The molecule has 0 atom stereocenters. The molecule has 18 heavy (non-hydrogen) atoms. The molecule has 2 aliphatic rings. The van der Waals surface area contributed by atoms with Crippen molar-refractivity contribution in [1.82, 2.24) is 15.1 Å². The van der Waals surface area contributed by atoms with Crippen molar-refractivity contribution < 1.29 is 0 Å². The molecule has 0 unspecified atom stereocenters. The Bertz CT molecular complexity index is 391. The van der Waals surface area contributed by atoms with Crippen molar-refractivity contribution in [3.05, 3.63) is 18.0 Å². The highest BCUT2D eigenvalue weighted by Crippen LogP contribution is 2.36. The number of nitrogens with one attached hydrogen (secondary N) is 1. The maximum atomic E-state index is 5.96. The van der Waals surface area contributed by atoms with E-state index in [2.05, 4.69) is 22.3 Å². The van der Waals surface area contributed by atoms with Crippen LogP contribution in [-0.2, 0) is 6.54 Å². The van der Waals surface area contributed by atoms with E-state index in [9.17, 15) is 0 Å². The van der Waals surface area contributed by atoms with Crippen LogP contribution in [-0.4, -0.2) is 21.2 Å². The molecule has 0 radical (unpaired) electrons. The van der Waals surface area contributed by atoms with Gasteiger partial charge in [0.15, 0.2) is 0 Å². The highest BCUT2D eigenvalue weighted by atomic mass is 35.5. The summed E-state index contributed by atoms with van der Waals surface area (Å²) in [6, 6.07) is 2.78. The van der Waals surface area contributed by atoms with E-state index in [-0.39, 0.29) is 5.54 Å². The molecular formula is C14H22ClN3. The zero-order valence-electron chi connectivity index (χ0n) is 10.9. The lowest BCUT2D eigenvalue weighted by atomic mass is 9.96. The Morgan fingerprint density at radius 3 is 2.78 bits per heavy atom. The maximum Gasteiger partial charge on any atom is 0.0762 e. The smallest absolute Gasteiger partial charge is 0.0762 e. The highest BCUT2D eigenvalue weighted by molar-refractivity contribution is 6.18. The molecular weight excluding hydrogens is 246 g/mol. The summed E-state index contributed by atoms with van der Waals surface area (Å²) in [7, 11) is 0. The third-order valence-corrected chi connectivity index (χ3v) is 4.88. The molecule has 1 aromatic rings. The molecule has 0 spiro atoms. The van der Waals surface area contributed by atoms with Crippen LogP contribution in [0, 0.1) is 0 Å². The van der Waals surface area contributed by atoms with Crippen LogP contribution in [0.15, 0.2) is 12.3 Å². The first-order valence-electron chi connectivity index (χ1n) is 7.16. The number of rotatable bonds is 5. The van der Waals surface area contributed by atoms with Gasteiger partial charge in [0.2, 0.25) is 0 Å². The molecule has 3 rings (SSSR count). The van der Waals surface area contributed by atoms with Gasteiger partial charge in [-0.05, 0) is 31.7 Å². The van der Waals surface area contributed by atoms with Gasteiger partial charge in [0.05, 0.1) is 11.7 Å². The molecule has 0 amide bonds. The average Bonchev–Trinajstić information content (AvgIpc) is 3.07. The first-order valence-corrected chi connectivity index (χ1v) is 7.70. The fourth-order valence-electron chi connectivity index (χ4n) is 2.81. The van der Waals surface area contributed by atoms with Gasteiger partial charge in [0.25, 0.3) is 0 Å². The van der Waals surface area contributed by atoms with Crippen molar-refractivity contribution in [3.63, 3.8) is 0 Å². The lowest BCUT2D eigenvalue weighted by Crippen LogP contribution is -2.32. The van der Waals surface area contributed by atoms with Crippen LogP contribution in [0.2, 0.25) is 0 Å². The van der Waals surface area contributed by atoms with E-state index in [0.717, 1.165) is 18.1 Å². The maximum absolute atomic E-state index is 5.96. The van der Waals surface area contributed by atoms with Crippen molar-refractivity contribution in [2.24, 2.45) is 0 Å². The second-order valence-electron chi connectivity index (χ2n) is 5.85. The quantitative estimate of drug-likeness (QED) is 0.830. The minimum absolute atomic E-state index is 0.218. The van der Waals surface area contributed by atoms with Gasteiger partial charge in [0, 0.05) is 24.2 Å². The van der Waals surface area contributed by atoms with Gasteiger partial charge in [0.1, 0.15) is 0 Å². The van der Waals surface area contributed by atoms with Gasteiger partial charge in [-0.25, -0.2) is 0 Å². The van der Waals surface area contributed by atoms with E-state index in [0.29, 0.717) is 6.04 Å². The van der Waals surface area contributed by atoms with Crippen LogP contribution in [0.5, 0.6) is 0 Å². The lowest BCUT2D eigenvalue weighted by Gasteiger charge is -2.21. The predicted octanol–water partition coefficient (Wildman–Crippen LogP) is 3.25. The standard InChI is InChI=1S/C14H22ClN3/c15-11-14(7-8-14)16-10-12-6-9-18(17-12)13-4-2-1-3-5-13/h6,9,13,16H,1-5,7-8,10-11H2. The number of halogens is 1. The Labute approximate surface area is 114 Å². The topological polar surface area (TPSA) is 29.9 Å². The largest absolute Gasteiger partial charge is 0.304 e. The van der Waals surface area contributed by atoms with Gasteiger partial charge < -0.3 is 5.32 Å². The molecule has 0 bridgehead atoms. The Hall–Kier alpha value is -0.540. The molecule has 3 nitrogen and oxygen atoms in total. The zero-order valence-corrected chi connectivity index (χ0v) is 11.6. The monoisotopic (exact) mass is 267 g/mol. The molecule has 1 aromatic heterocycles. The summed E-state index contributed by atoms with van der Waals surface area (Å²) in [6.07, 6.45) is 11.2. The summed E-state index contributed by atoms with van der Waals surface area (Å²) >= 11 is 5.96. The van der Waals surface area contributed by atoms with Crippen molar-refractivity contribution in [2.75, 3.05) is 5.88 Å². The molecule has 0 saturated heterocycles.